The van der Waals surface area contributed by atoms with Gasteiger partial charge in [0.05, 0.1) is 16.8 Å². The third-order valence-electron chi connectivity index (χ3n) is 4.46. The molecular weight excluding hydrogens is 325 g/mol. The van der Waals surface area contributed by atoms with E-state index in [1.165, 1.54) is 6.08 Å². The van der Waals surface area contributed by atoms with Crippen LogP contribution in [0.15, 0.2) is 23.7 Å². The van der Waals surface area contributed by atoms with E-state index in [4.69, 9.17) is 15.0 Å². The summed E-state index contributed by atoms with van der Waals surface area (Å²) in [6.07, 6.45) is -3.30. The summed E-state index contributed by atoms with van der Waals surface area (Å²) in [6.45, 7) is 7.32. The molecule has 24 heavy (non-hydrogen) atoms. The zero-order valence-corrected chi connectivity index (χ0v) is 14.0. The van der Waals surface area contributed by atoms with Gasteiger partial charge in [-0.25, -0.2) is 4.39 Å². The lowest BCUT2D eigenvalue weighted by molar-refractivity contribution is -0.137. The monoisotopic (exact) mass is 345 g/mol. The first-order valence-corrected chi connectivity index (χ1v) is 7.50. The van der Waals surface area contributed by atoms with Crippen molar-refractivity contribution in [1.82, 2.24) is 0 Å². The molecule has 0 atom stereocenters. The van der Waals surface area contributed by atoms with Crippen molar-refractivity contribution >= 4 is 13.2 Å². The number of nitrogens with two attached hydrogens (primary N) is 1. The molecule has 1 aromatic rings. The SMILES string of the molecule is CC1(C)OB(C(=Cc2cc(C(F)(F)F)ccc2F)CN)OC1(C)C. The second kappa shape index (κ2) is 6.17. The van der Waals surface area contributed by atoms with Gasteiger partial charge in [-0.15, -0.1) is 0 Å². The topological polar surface area (TPSA) is 44.5 Å². The van der Waals surface area contributed by atoms with Crippen LogP contribution < -0.4 is 5.73 Å². The van der Waals surface area contributed by atoms with E-state index in [9.17, 15) is 17.6 Å². The van der Waals surface area contributed by atoms with Gasteiger partial charge in [0.25, 0.3) is 0 Å². The number of benzene rings is 1. The van der Waals surface area contributed by atoms with Crippen molar-refractivity contribution in [2.75, 3.05) is 6.54 Å². The maximum atomic E-state index is 13.9. The quantitative estimate of drug-likeness (QED) is 0.669. The van der Waals surface area contributed by atoms with Gasteiger partial charge in [-0.05, 0) is 51.4 Å². The van der Waals surface area contributed by atoms with Gasteiger partial charge >= 0.3 is 13.3 Å². The lowest BCUT2D eigenvalue weighted by Gasteiger charge is -2.32. The summed E-state index contributed by atoms with van der Waals surface area (Å²) in [5.74, 6) is -0.773. The van der Waals surface area contributed by atoms with Crippen molar-refractivity contribution in [3.8, 4) is 0 Å². The van der Waals surface area contributed by atoms with Gasteiger partial charge in [-0.1, -0.05) is 6.08 Å². The highest BCUT2D eigenvalue weighted by Gasteiger charge is 2.52. The van der Waals surface area contributed by atoms with Crippen molar-refractivity contribution in [3.05, 3.63) is 40.6 Å². The van der Waals surface area contributed by atoms with Crippen molar-refractivity contribution in [1.29, 1.82) is 0 Å². The Morgan fingerprint density at radius 2 is 1.71 bits per heavy atom. The minimum absolute atomic E-state index is 0.0352. The standard InChI is InChI=1S/C16H20BF4NO2/c1-14(2)15(3,4)24-17(23-14)12(9-22)8-10-7-11(16(19,20)21)5-6-13(10)18/h5-8H,9,22H2,1-4H3. The predicted octanol–water partition coefficient (Wildman–Crippen LogP) is 3.82. The van der Waals surface area contributed by atoms with Crippen LogP contribution in [0.25, 0.3) is 6.08 Å². The predicted molar refractivity (Wildman–Crippen MR) is 84.5 cm³/mol. The molecule has 0 aromatic heterocycles. The molecule has 2 N–H and O–H groups in total. The molecule has 1 saturated heterocycles. The third-order valence-corrected chi connectivity index (χ3v) is 4.46. The first-order valence-electron chi connectivity index (χ1n) is 7.50. The fourth-order valence-electron chi connectivity index (χ4n) is 2.25. The van der Waals surface area contributed by atoms with Gasteiger partial charge in [0.2, 0.25) is 0 Å². The highest BCUT2D eigenvalue weighted by molar-refractivity contribution is 6.55. The van der Waals surface area contributed by atoms with Gasteiger partial charge < -0.3 is 15.0 Å². The van der Waals surface area contributed by atoms with Crippen LogP contribution in [0.1, 0.15) is 38.8 Å². The van der Waals surface area contributed by atoms with E-state index in [2.05, 4.69) is 0 Å². The smallest absolute Gasteiger partial charge is 0.400 e. The van der Waals surface area contributed by atoms with Crippen LogP contribution in [0.5, 0.6) is 0 Å². The van der Waals surface area contributed by atoms with Crippen LogP contribution in [0.4, 0.5) is 17.6 Å². The molecular formula is C16H20BF4NO2. The number of alkyl halides is 3. The van der Waals surface area contributed by atoms with Gasteiger partial charge in [0.15, 0.2) is 0 Å². The Kier molecular flexibility index (Phi) is 4.87. The number of hydrogen-bond acceptors (Lipinski definition) is 3. The van der Waals surface area contributed by atoms with Crippen LogP contribution >= 0.6 is 0 Å². The van der Waals surface area contributed by atoms with Crippen molar-refractivity contribution in [3.63, 3.8) is 0 Å². The number of hydrogen-bond donors (Lipinski definition) is 1. The summed E-state index contributed by atoms with van der Waals surface area (Å²) in [6, 6.07) is 2.23. The Labute approximate surface area is 139 Å². The van der Waals surface area contributed by atoms with Crippen LogP contribution in [0.3, 0.4) is 0 Å². The summed E-state index contributed by atoms with van der Waals surface area (Å²) >= 11 is 0. The molecule has 0 unspecified atom stereocenters. The fraction of sp³-hybridized carbons (Fsp3) is 0.500. The zero-order chi connectivity index (χ0) is 18.3. The average molecular weight is 345 g/mol. The highest BCUT2D eigenvalue weighted by atomic mass is 19.4. The Bertz CT molecular complexity index is 640. The molecule has 1 aliphatic rings. The van der Waals surface area contributed by atoms with E-state index in [-0.39, 0.29) is 12.1 Å². The average Bonchev–Trinajstić information content (AvgIpc) is 2.65. The highest BCUT2D eigenvalue weighted by Crippen LogP contribution is 2.39. The van der Waals surface area contributed by atoms with Crippen LogP contribution in [-0.4, -0.2) is 24.9 Å². The van der Waals surface area contributed by atoms with Gasteiger partial charge in [-0.2, -0.15) is 13.2 Å². The van der Waals surface area contributed by atoms with Crippen LogP contribution in [0.2, 0.25) is 0 Å². The van der Waals surface area contributed by atoms with Crippen LogP contribution in [0, 0.1) is 5.82 Å². The number of halogens is 4. The van der Waals surface area contributed by atoms with E-state index >= 15 is 0 Å². The van der Waals surface area contributed by atoms with Gasteiger partial charge in [0.1, 0.15) is 5.82 Å². The zero-order valence-electron chi connectivity index (χ0n) is 14.0. The summed E-state index contributed by atoms with van der Waals surface area (Å²) in [5.41, 5.74) is 3.65. The van der Waals surface area contributed by atoms with Crippen molar-refractivity contribution < 1.29 is 26.9 Å². The lowest BCUT2D eigenvalue weighted by atomic mass is 9.77. The molecule has 0 amide bonds. The Morgan fingerprint density at radius 1 is 1.17 bits per heavy atom. The molecule has 0 radical (unpaired) electrons. The molecule has 0 bridgehead atoms. The first kappa shape index (κ1) is 19.0. The minimum atomic E-state index is -4.55. The number of rotatable bonds is 3. The van der Waals surface area contributed by atoms with E-state index in [0.717, 1.165) is 12.1 Å². The molecule has 1 heterocycles. The van der Waals surface area contributed by atoms with E-state index in [1.54, 1.807) is 0 Å². The van der Waals surface area contributed by atoms with E-state index in [1.807, 2.05) is 27.7 Å². The first-order chi connectivity index (χ1) is 10.9. The van der Waals surface area contributed by atoms with Gasteiger partial charge in [0, 0.05) is 12.1 Å². The molecule has 0 aliphatic carbocycles. The van der Waals surface area contributed by atoms with Crippen molar-refractivity contribution in [2.24, 2.45) is 5.73 Å². The second-order valence-corrected chi connectivity index (χ2v) is 6.75. The largest absolute Gasteiger partial charge is 0.491 e. The molecule has 132 valence electrons. The van der Waals surface area contributed by atoms with Crippen LogP contribution in [-0.2, 0) is 15.5 Å². The Balaban J connectivity index is 2.39. The normalized spacial score (nSPS) is 20.5. The minimum Gasteiger partial charge on any atom is -0.400 e. The maximum absolute atomic E-state index is 13.9. The molecule has 0 spiro atoms. The molecule has 1 aromatic carbocycles. The Hall–Kier alpha value is -1.38. The molecule has 0 saturated carbocycles. The fourth-order valence-corrected chi connectivity index (χ4v) is 2.25. The summed E-state index contributed by atoms with van der Waals surface area (Å²) < 4.78 is 64.0. The molecule has 1 fully saturated rings. The molecule has 1 aliphatic heterocycles. The lowest BCUT2D eigenvalue weighted by Crippen LogP contribution is -2.41. The maximum Gasteiger partial charge on any atom is 0.491 e. The summed E-state index contributed by atoms with van der Waals surface area (Å²) in [5, 5.41) is 0. The molecule has 3 nitrogen and oxygen atoms in total. The van der Waals surface area contributed by atoms with Crippen molar-refractivity contribution in [2.45, 2.75) is 45.1 Å². The van der Waals surface area contributed by atoms with Gasteiger partial charge in [-0.3, -0.25) is 0 Å². The third kappa shape index (κ3) is 3.65. The summed E-state index contributed by atoms with van der Waals surface area (Å²) in [7, 11) is -0.839. The Morgan fingerprint density at radius 3 is 2.17 bits per heavy atom. The van der Waals surface area contributed by atoms with E-state index < -0.39 is 35.9 Å². The van der Waals surface area contributed by atoms with E-state index in [0.29, 0.717) is 11.5 Å². The summed E-state index contributed by atoms with van der Waals surface area (Å²) in [4.78, 5) is 0. The molecule has 2 rings (SSSR count). The molecule has 8 heteroatoms. The second-order valence-electron chi connectivity index (χ2n) is 6.75.